The summed E-state index contributed by atoms with van der Waals surface area (Å²) in [7, 11) is 0. The first kappa shape index (κ1) is 9.78. The zero-order chi connectivity index (χ0) is 10.7. The van der Waals surface area contributed by atoms with E-state index in [0.717, 1.165) is 11.3 Å². The third-order valence-corrected chi connectivity index (χ3v) is 2.43. The summed E-state index contributed by atoms with van der Waals surface area (Å²) in [6.07, 6.45) is 1.85. The van der Waals surface area contributed by atoms with Gasteiger partial charge in [-0.15, -0.1) is 0 Å². The number of hydrogen-bond acceptors (Lipinski definition) is 1. The molecule has 2 aromatic carbocycles. The minimum absolute atomic E-state index is 0.680. The molecule has 0 radical (unpaired) electrons. The Labute approximate surface area is 90.0 Å². The third kappa shape index (κ3) is 1.73. The van der Waals surface area contributed by atoms with Crippen molar-refractivity contribution in [1.29, 1.82) is 0 Å². The lowest BCUT2D eigenvalue weighted by Gasteiger charge is -2.09. The van der Waals surface area contributed by atoms with Gasteiger partial charge in [0.2, 0.25) is 0 Å². The molecule has 0 heterocycles. The highest BCUT2D eigenvalue weighted by molar-refractivity contribution is 5.92. The van der Waals surface area contributed by atoms with Crippen LogP contribution in [0.25, 0.3) is 16.8 Å². The van der Waals surface area contributed by atoms with Crippen LogP contribution in [0.2, 0.25) is 0 Å². The average Bonchev–Trinajstić information content (AvgIpc) is 2.29. The van der Waals surface area contributed by atoms with Crippen molar-refractivity contribution in [3.8, 4) is 5.75 Å². The maximum Gasteiger partial charge on any atom is 0.127 e. The maximum atomic E-state index is 5.56. The van der Waals surface area contributed by atoms with Gasteiger partial charge in [-0.05, 0) is 23.8 Å². The van der Waals surface area contributed by atoms with Crippen molar-refractivity contribution in [3.63, 3.8) is 0 Å². The Hall–Kier alpha value is -1.76. The fourth-order valence-electron chi connectivity index (χ4n) is 1.77. The van der Waals surface area contributed by atoms with Crippen molar-refractivity contribution in [2.75, 3.05) is 6.61 Å². The van der Waals surface area contributed by atoms with E-state index in [0.29, 0.717) is 6.61 Å². The van der Waals surface area contributed by atoms with Crippen molar-refractivity contribution in [3.05, 3.63) is 48.5 Å². The molecule has 0 aliphatic rings. The Morgan fingerprint density at radius 3 is 2.73 bits per heavy atom. The summed E-state index contributed by atoms with van der Waals surface area (Å²) < 4.78 is 5.56. The van der Waals surface area contributed by atoms with Crippen molar-refractivity contribution in [1.82, 2.24) is 0 Å². The van der Waals surface area contributed by atoms with Gasteiger partial charge in [0.15, 0.2) is 0 Å². The van der Waals surface area contributed by atoms with Crippen molar-refractivity contribution < 1.29 is 4.74 Å². The molecule has 0 unspecified atom stereocenters. The zero-order valence-corrected chi connectivity index (χ0v) is 8.86. The molecule has 0 saturated heterocycles. The van der Waals surface area contributed by atoms with Gasteiger partial charge in [0.25, 0.3) is 0 Å². The van der Waals surface area contributed by atoms with E-state index in [1.54, 1.807) is 0 Å². The Morgan fingerprint density at radius 1 is 1.20 bits per heavy atom. The third-order valence-electron chi connectivity index (χ3n) is 2.43. The van der Waals surface area contributed by atoms with Crippen LogP contribution in [0.15, 0.2) is 43.0 Å². The van der Waals surface area contributed by atoms with E-state index in [-0.39, 0.29) is 0 Å². The smallest absolute Gasteiger partial charge is 0.127 e. The summed E-state index contributed by atoms with van der Waals surface area (Å²) >= 11 is 0. The van der Waals surface area contributed by atoms with Gasteiger partial charge >= 0.3 is 0 Å². The standard InChI is InChI=1S/C14H14O/c1-3-12-13-8-6-5-7-11(13)9-10-14(12)15-4-2/h3,5-10H,1,4H2,2H3. The molecule has 0 atom stereocenters. The van der Waals surface area contributed by atoms with Crippen LogP contribution in [0.3, 0.4) is 0 Å². The van der Waals surface area contributed by atoms with Crippen LogP contribution in [0.1, 0.15) is 12.5 Å². The summed E-state index contributed by atoms with van der Waals surface area (Å²) in [6, 6.07) is 12.3. The molecule has 1 nitrogen and oxygen atoms in total. The van der Waals surface area contributed by atoms with Gasteiger partial charge in [-0.1, -0.05) is 43.0 Å². The van der Waals surface area contributed by atoms with E-state index in [2.05, 4.69) is 24.8 Å². The van der Waals surface area contributed by atoms with Gasteiger partial charge in [-0.3, -0.25) is 0 Å². The van der Waals surface area contributed by atoms with Crippen LogP contribution >= 0.6 is 0 Å². The molecule has 0 spiro atoms. The van der Waals surface area contributed by atoms with Crippen LogP contribution in [0, 0.1) is 0 Å². The Bertz CT molecular complexity index is 486. The monoisotopic (exact) mass is 198 g/mol. The first-order valence-electron chi connectivity index (χ1n) is 5.13. The Morgan fingerprint density at radius 2 is 2.00 bits per heavy atom. The molecule has 2 aromatic rings. The normalized spacial score (nSPS) is 10.2. The number of hydrogen-bond donors (Lipinski definition) is 0. The summed E-state index contributed by atoms with van der Waals surface area (Å²) in [6.45, 7) is 6.51. The highest BCUT2D eigenvalue weighted by Crippen LogP contribution is 2.28. The average molecular weight is 198 g/mol. The molecule has 0 saturated carbocycles. The summed E-state index contributed by atoms with van der Waals surface area (Å²) in [5.74, 6) is 0.909. The second kappa shape index (κ2) is 4.18. The molecule has 0 aliphatic carbocycles. The topological polar surface area (TPSA) is 9.23 Å². The second-order valence-electron chi connectivity index (χ2n) is 3.34. The molecule has 0 N–H and O–H groups in total. The van der Waals surface area contributed by atoms with E-state index in [4.69, 9.17) is 4.74 Å². The molecule has 0 fully saturated rings. The van der Waals surface area contributed by atoms with E-state index >= 15 is 0 Å². The number of ether oxygens (including phenoxy) is 1. The Kier molecular flexibility index (Phi) is 2.72. The van der Waals surface area contributed by atoms with Crippen molar-refractivity contribution in [2.24, 2.45) is 0 Å². The molecule has 2 rings (SSSR count). The molecule has 1 heteroatoms. The van der Waals surface area contributed by atoms with Gasteiger partial charge in [0.05, 0.1) is 6.61 Å². The molecule has 0 amide bonds. The van der Waals surface area contributed by atoms with E-state index in [1.807, 2.05) is 31.2 Å². The predicted molar refractivity (Wildman–Crippen MR) is 65.2 cm³/mol. The van der Waals surface area contributed by atoms with E-state index in [1.165, 1.54) is 10.8 Å². The molecule has 0 aliphatic heterocycles. The molecule has 76 valence electrons. The Balaban J connectivity index is 2.69. The number of benzene rings is 2. The molecular weight excluding hydrogens is 184 g/mol. The highest BCUT2D eigenvalue weighted by Gasteiger charge is 2.04. The molecule has 0 bridgehead atoms. The predicted octanol–water partition coefficient (Wildman–Crippen LogP) is 3.88. The van der Waals surface area contributed by atoms with E-state index in [9.17, 15) is 0 Å². The van der Waals surface area contributed by atoms with Gasteiger partial charge in [0.1, 0.15) is 5.75 Å². The van der Waals surface area contributed by atoms with Gasteiger partial charge in [-0.25, -0.2) is 0 Å². The first-order chi connectivity index (χ1) is 7.36. The van der Waals surface area contributed by atoms with Crippen LogP contribution in [-0.4, -0.2) is 6.61 Å². The molecule has 0 aromatic heterocycles. The van der Waals surface area contributed by atoms with Crippen LogP contribution in [0.5, 0.6) is 5.75 Å². The lowest BCUT2D eigenvalue weighted by atomic mass is 10.0. The second-order valence-corrected chi connectivity index (χ2v) is 3.34. The molecule has 15 heavy (non-hydrogen) atoms. The van der Waals surface area contributed by atoms with Crippen LogP contribution < -0.4 is 4.74 Å². The van der Waals surface area contributed by atoms with Gasteiger partial charge < -0.3 is 4.74 Å². The summed E-state index contributed by atoms with van der Waals surface area (Å²) in [4.78, 5) is 0. The SMILES string of the molecule is C=Cc1c(OCC)ccc2ccccc12. The minimum atomic E-state index is 0.680. The zero-order valence-electron chi connectivity index (χ0n) is 8.86. The fraction of sp³-hybridized carbons (Fsp3) is 0.143. The van der Waals surface area contributed by atoms with Crippen molar-refractivity contribution >= 4 is 16.8 Å². The van der Waals surface area contributed by atoms with E-state index < -0.39 is 0 Å². The van der Waals surface area contributed by atoms with Gasteiger partial charge in [-0.2, -0.15) is 0 Å². The fourth-order valence-corrected chi connectivity index (χ4v) is 1.77. The summed E-state index contributed by atoms with van der Waals surface area (Å²) in [5.41, 5.74) is 1.08. The van der Waals surface area contributed by atoms with Crippen LogP contribution in [-0.2, 0) is 0 Å². The molecular formula is C14H14O. The maximum absolute atomic E-state index is 5.56. The number of rotatable bonds is 3. The first-order valence-corrected chi connectivity index (χ1v) is 5.13. The summed E-state index contributed by atoms with van der Waals surface area (Å²) in [5, 5.41) is 2.41. The number of fused-ring (bicyclic) bond motifs is 1. The lowest BCUT2D eigenvalue weighted by molar-refractivity contribution is 0.340. The van der Waals surface area contributed by atoms with Gasteiger partial charge in [0, 0.05) is 5.56 Å². The minimum Gasteiger partial charge on any atom is -0.493 e. The quantitative estimate of drug-likeness (QED) is 0.727. The lowest BCUT2D eigenvalue weighted by Crippen LogP contribution is -1.94. The van der Waals surface area contributed by atoms with Crippen LogP contribution in [0.4, 0.5) is 0 Å². The van der Waals surface area contributed by atoms with Crippen molar-refractivity contribution in [2.45, 2.75) is 6.92 Å². The highest BCUT2D eigenvalue weighted by atomic mass is 16.5. The largest absolute Gasteiger partial charge is 0.493 e.